The van der Waals surface area contributed by atoms with Crippen molar-refractivity contribution in [3.05, 3.63) is 17.0 Å². The van der Waals surface area contributed by atoms with Crippen molar-refractivity contribution >= 4 is 5.97 Å². The quantitative estimate of drug-likeness (QED) is 0.743. The first-order chi connectivity index (χ1) is 7.41. The van der Waals surface area contributed by atoms with Crippen LogP contribution in [0.3, 0.4) is 0 Å². The minimum atomic E-state index is -1.00. The van der Waals surface area contributed by atoms with Crippen molar-refractivity contribution in [2.24, 2.45) is 5.92 Å². The molecule has 0 aliphatic carbocycles. The number of carbonyl (C=O) groups excluding carboxylic acids is 1. The van der Waals surface area contributed by atoms with E-state index < -0.39 is 5.97 Å². The summed E-state index contributed by atoms with van der Waals surface area (Å²) in [5, 5.41) is 14.9. The Labute approximate surface area is 96.3 Å². The molecule has 1 rings (SSSR count). The van der Waals surface area contributed by atoms with E-state index in [1.165, 1.54) is 0 Å². The predicted octanol–water partition coefficient (Wildman–Crippen LogP) is 0.838. The summed E-state index contributed by atoms with van der Waals surface area (Å²) in [6.45, 7) is 9.06. The Balaban J connectivity index is 2.84. The fourth-order valence-electron chi connectivity index (χ4n) is 1.85. The summed E-state index contributed by atoms with van der Waals surface area (Å²) in [7, 11) is 0. The number of aliphatic carboxylic acids is 1. The molecule has 0 aliphatic rings. The van der Waals surface area contributed by atoms with E-state index in [0.29, 0.717) is 12.3 Å². The van der Waals surface area contributed by atoms with Gasteiger partial charge in [0, 0.05) is 18.2 Å². The van der Waals surface area contributed by atoms with Gasteiger partial charge in [0.05, 0.1) is 5.69 Å². The molecule has 1 heterocycles. The van der Waals surface area contributed by atoms with Gasteiger partial charge in [0.2, 0.25) is 0 Å². The average molecular weight is 223 g/mol. The number of aryl methyl sites for hydroxylation is 1. The summed E-state index contributed by atoms with van der Waals surface area (Å²) in [5.74, 6) is -0.470. The number of carboxylic acid groups (broad SMARTS) is 1. The van der Waals surface area contributed by atoms with Gasteiger partial charge in [-0.1, -0.05) is 13.8 Å². The van der Waals surface area contributed by atoms with Crippen LogP contribution in [-0.4, -0.2) is 15.7 Å². The van der Waals surface area contributed by atoms with E-state index in [-0.39, 0.29) is 6.42 Å². The molecule has 0 fully saturated rings. The molecular formula is C12H19N2O2-. The summed E-state index contributed by atoms with van der Waals surface area (Å²) >= 11 is 0. The second-order valence-corrected chi connectivity index (χ2v) is 4.60. The van der Waals surface area contributed by atoms with E-state index in [2.05, 4.69) is 18.9 Å². The maximum atomic E-state index is 10.4. The molecule has 4 nitrogen and oxygen atoms in total. The largest absolute Gasteiger partial charge is 0.550 e. The summed E-state index contributed by atoms with van der Waals surface area (Å²) in [4.78, 5) is 10.4. The number of hydrogen-bond donors (Lipinski definition) is 0. The molecule has 90 valence electrons. The minimum absolute atomic E-state index is 0.0645. The van der Waals surface area contributed by atoms with Crippen LogP contribution in [0.2, 0.25) is 0 Å². The average Bonchev–Trinajstić information content (AvgIpc) is 2.39. The van der Waals surface area contributed by atoms with E-state index >= 15 is 0 Å². The Kier molecular flexibility index (Phi) is 4.10. The monoisotopic (exact) mass is 223 g/mol. The second kappa shape index (κ2) is 5.14. The van der Waals surface area contributed by atoms with Gasteiger partial charge in [0.1, 0.15) is 0 Å². The first-order valence-electron chi connectivity index (χ1n) is 5.64. The molecule has 1 aromatic heterocycles. The smallest absolute Gasteiger partial charge is 0.0628 e. The zero-order chi connectivity index (χ0) is 12.3. The predicted molar refractivity (Wildman–Crippen MR) is 59.9 cm³/mol. The second-order valence-electron chi connectivity index (χ2n) is 4.60. The lowest BCUT2D eigenvalue weighted by molar-refractivity contribution is -0.305. The number of hydrogen-bond acceptors (Lipinski definition) is 3. The van der Waals surface area contributed by atoms with Crippen LogP contribution in [0, 0.1) is 19.8 Å². The molecule has 0 spiro atoms. The van der Waals surface area contributed by atoms with Crippen molar-refractivity contribution in [3.8, 4) is 0 Å². The van der Waals surface area contributed by atoms with Crippen molar-refractivity contribution in [3.63, 3.8) is 0 Å². The van der Waals surface area contributed by atoms with Crippen LogP contribution < -0.4 is 5.11 Å². The van der Waals surface area contributed by atoms with Gasteiger partial charge in [0.25, 0.3) is 0 Å². The molecule has 0 atom stereocenters. The summed E-state index contributed by atoms with van der Waals surface area (Å²) < 4.78 is 1.96. The molecule has 1 aromatic rings. The zero-order valence-corrected chi connectivity index (χ0v) is 10.4. The molecule has 0 bridgehead atoms. The molecule has 0 aromatic carbocycles. The number of rotatable bonds is 5. The van der Waals surface area contributed by atoms with Crippen molar-refractivity contribution in [1.82, 2.24) is 9.78 Å². The summed E-state index contributed by atoms with van der Waals surface area (Å²) in [5.41, 5.74) is 3.05. The number of carbonyl (C=O) groups is 1. The van der Waals surface area contributed by atoms with Gasteiger partial charge in [-0.2, -0.15) is 5.10 Å². The lowest BCUT2D eigenvalue weighted by Crippen LogP contribution is -2.22. The van der Waals surface area contributed by atoms with Crippen molar-refractivity contribution in [2.45, 2.75) is 47.1 Å². The third-order valence-corrected chi connectivity index (χ3v) is 2.65. The molecule has 16 heavy (non-hydrogen) atoms. The van der Waals surface area contributed by atoms with Gasteiger partial charge in [-0.25, -0.2) is 0 Å². The van der Waals surface area contributed by atoms with Crippen molar-refractivity contribution in [2.75, 3.05) is 0 Å². The highest BCUT2D eigenvalue weighted by Gasteiger charge is 2.11. The van der Waals surface area contributed by atoms with Crippen LogP contribution in [-0.2, 0) is 17.8 Å². The Morgan fingerprint density at radius 2 is 2.06 bits per heavy atom. The molecule has 0 saturated carbocycles. The maximum absolute atomic E-state index is 10.4. The highest BCUT2D eigenvalue weighted by Crippen LogP contribution is 2.16. The normalized spacial score (nSPS) is 11.1. The van der Waals surface area contributed by atoms with Crippen LogP contribution in [0.1, 0.15) is 37.2 Å². The lowest BCUT2D eigenvalue weighted by atomic mass is 10.1. The van der Waals surface area contributed by atoms with Crippen molar-refractivity contribution in [1.29, 1.82) is 0 Å². The summed E-state index contributed by atoms with van der Waals surface area (Å²) in [6, 6.07) is 0. The van der Waals surface area contributed by atoms with E-state index in [9.17, 15) is 9.90 Å². The summed E-state index contributed by atoms with van der Waals surface area (Å²) in [6.07, 6.45) is 0.577. The minimum Gasteiger partial charge on any atom is -0.550 e. The first kappa shape index (κ1) is 12.7. The van der Waals surface area contributed by atoms with E-state index in [0.717, 1.165) is 23.5 Å². The highest BCUT2D eigenvalue weighted by molar-refractivity contribution is 5.64. The number of nitrogens with zero attached hydrogens (tertiary/aromatic N) is 2. The van der Waals surface area contributed by atoms with E-state index in [1.54, 1.807) is 0 Å². The maximum Gasteiger partial charge on any atom is 0.0628 e. The van der Waals surface area contributed by atoms with Gasteiger partial charge < -0.3 is 9.90 Å². The Bertz CT molecular complexity index is 381. The topological polar surface area (TPSA) is 58.0 Å². The Morgan fingerprint density at radius 1 is 1.44 bits per heavy atom. The zero-order valence-electron chi connectivity index (χ0n) is 10.4. The van der Waals surface area contributed by atoms with Crippen molar-refractivity contribution < 1.29 is 9.90 Å². The molecule has 0 N–H and O–H groups in total. The molecule has 0 radical (unpaired) electrons. The fraction of sp³-hybridized carbons (Fsp3) is 0.667. The van der Waals surface area contributed by atoms with Crippen LogP contribution in [0.25, 0.3) is 0 Å². The number of carboxylic acids is 1. The SMILES string of the molecule is Cc1nn(CC(C)C)c(C)c1CCC(=O)[O-]. The molecule has 4 heteroatoms. The highest BCUT2D eigenvalue weighted by atomic mass is 16.4. The molecule has 0 unspecified atom stereocenters. The standard InChI is InChI=1S/C12H20N2O2/c1-8(2)7-14-10(4)11(9(3)13-14)5-6-12(15)16/h8H,5-7H2,1-4H3,(H,15,16)/p-1. The number of aromatic nitrogens is 2. The third kappa shape index (κ3) is 3.08. The van der Waals surface area contributed by atoms with Crippen LogP contribution in [0.15, 0.2) is 0 Å². The van der Waals surface area contributed by atoms with Crippen LogP contribution in [0.4, 0.5) is 0 Å². The third-order valence-electron chi connectivity index (χ3n) is 2.65. The van der Waals surface area contributed by atoms with Gasteiger partial charge in [-0.15, -0.1) is 0 Å². The molecule has 0 aliphatic heterocycles. The van der Waals surface area contributed by atoms with Gasteiger partial charge in [-0.3, -0.25) is 4.68 Å². The van der Waals surface area contributed by atoms with Gasteiger partial charge >= 0.3 is 0 Å². The van der Waals surface area contributed by atoms with E-state index in [1.807, 2.05) is 18.5 Å². The van der Waals surface area contributed by atoms with Crippen LogP contribution >= 0.6 is 0 Å². The first-order valence-corrected chi connectivity index (χ1v) is 5.64. The van der Waals surface area contributed by atoms with E-state index in [4.69, 9.17) is 0 Å². The molecule has 0 saturated heterocycles. The van der Waals surface area contributed by atoms with Crippen LogP contribution in [0.5, 0.6) is 0 Å². The Hall–Kier alpha value is -1.32. The molecular weight excluding hydrogens is 204 g/mol. The fourth-order valence-corrected chi connectivity index (χ4v) is 1.85. The van der Waals surface area contributed by atoms with Gasteiger partial charge in [-0.05, 0) is 38.2 Å². The Morgan fingerprint density at radius 3 is 2.56 bits per heavy atom. The molecule has 0 amide bonds. The van der Waals surface area contributed by atoms with Gasteiger partial charge in [0.15, 0.2) is 0 Å². The lowest BCUT2D eigenvalue weighted by Gasteiger charge is -2.08.